The zero-order valence-electron chi connectivity index (χ0n) is 18.2. The molecule has 1 amide bonds. The summed E-state index contributed by atoms with van der Waals surface area (Å²) in [6.45, 7) is 7.14. The van der Waals surface area contributed by atoms with Crippen molar-refractivity contribution in [2.45, 2.75) is 24.8 Å². The summed E-state index contributed by atoms with van der Waals surface area (Å²) in [6, 6.07) is 17.9. The van der Waals surface area contributed by atoms with Crippen molar-refractivity contribution >= 4 is 34.5 Å². The maximum Gasteiger partial charge on any atom is 0.289 e. The summed E-state index contributed by atoms with van der Waals surface area (Å²) in [5, 5.41) is 0.603. The van der Waals surface area contributed by atoms with E-state index >= 15 is 0 Å². The fourth-order valence-electron chi connectivity index (χ4n) is 4.06. The lowest BCUT2D eigenvalue weighted by atomic mass is 10.1. The Kier molecular flexibility index (Phi) is 5.66. The van der Waals surface area contributed by atoms with Gasteiger partial charge in [0.05, 0.1) is 5.75 Å². The molecule has 6 nitrogen and oxygen atoms in total. The number of carbonyl (C=O) groups excluding carboxylic acids is 1. The third-order valence-corrected chi connectivity index (χ3v) is 6.68. The summed E-state index contributed by atoms with van der Waals surface area (Å²) in [6.07, 6.45) is 0. The van der Waals surface area contributed by atoms with Crippen LogP contribution in [-0.4, -0.2) is 42.0 Å². The zero-order chi connectivity index (χ0) is 22.1. The standard InChI is InChI=1S/C25H25N3O3S/c1-17-6-3-4-8-20(17)27-12-14-28(15-13-27)24(29)22-11-10-19(30-22)16-32-25-26-23-18(2)7-5-9-21(23)31-25/h3-11H,12-16H2,1-2H3. The van der Waals surface area contributed by atoms with E-state index in [-0.39, 0.29) is 5.91 Å². The van der Waals surface area contributed by atoms with Crippen LogP contribution in [0, 0.1) is 13.8 Å². The number of hydrogen-bond acceptors (Lipinski definition) is 6. The van der Waals surface area contributed by atoms with Gasteiger partial charge in [-0.05, 0) is 49.2 Å². The second-order valence-electron chi connectivity index (χ2n) is 8.02. The number of thioether (sulfide) groups is 1. The van der Waals surface area contributed by atoms with Gasteiger partial charge in [-0.3, -0.25) is 4.79 Å². The van der Waals surface area contributed by atoms with Crippen LogP contribution >= 0.6 is 11.8 Å². The van der Waals surface area contributed by atoms with Crippen LogP contribution in [0.5, 0.6) is 0 Å². The molecule has 3 heterocycles. The third-order valence-electron chi connectivity index (χ3n) is 5.83. The van der Waals surface area contributed by atoms with Crippen LogP contribution in [0.2, 0.25) is 0 Å². The molecule has 2 aromatic heterocycles. The first-order valence-corrected chi connectivity index (χ1v) is 11.7. The van der Waals surface area contributed by atoms with E-state index in [0.717, 1.165) is 35.5 Å². The SMILES string of the molecule is Cc1ccccc1N1CCN(C(=O)c2ccc(CSc3nc4c(C)cccc4o3)o2)CC1. The van der Waals surface area contributed by atoms with Gasteiger partial charge in [-0.25, -0.2) is 4.98 Å². The van der Waals surface area contributed by atoms with E-state index in [1.165, 1.54) is 23.0 Å². The van der Waals surface area contributed by atoms with Crippen molar-refractivity contribution in [1.29, 1.82) is 0 Å². The monoisotopic (exact) mass is 447 g/mol. The van der Waals surface area contributed by atoms with Crippen molar-refractivity contribution in [3.05, 3.63) is 77.2 Å². The number of rotatable bonds is 5. The molecule has 0 unspecified atom stereocenters. The van der Waals surface area contributed by atoms with Gasteiger partial charge in [0.2, 0.25) is 0 Å². The van der Waals surface area contributed by atoms with Crippen molar-refractivity contribution in [3.63, 3.8) is 0 Å². The Hall–Kier alpha value is -3.19. The Bertz CT molecular complexity index is 1250. The summed E-state index contributed by atoms with van der Waals surface area (Å²) in [5.74, 6) is 1.62. The first kappa shape index (κ1) is 20.7. The van der Waals surface area contributed by atoms with Gasteiger partial charge < -0.3 is 18.6 Å². The Labute approximate surface area is 191 Å². The molecule has 0 bridgehead atoms. The molecule has 2 aromatic carbocycles. The van der Waals surface area contributed by atoms with Crippen molar-refractivity contribution in [1.82, 2.24) is 9.88 Å². The number of aryl methyl sites for hydroxylation is 2. The van der Waals surface area contributed by atoms with Gasteiger partial charge >= 0.3 is 0 Å². The molecule has 0 atom stereocenters. The number of aromatic nitrogens is 1. The molecular weight excluding hydrogens is 422 g/mol. The summed E-state index contributed by atoms with van der Waals surface area (Å²) in [4.78, 5) is 21.7. The zero-order valence-corrected chi connectivity index (χ0v) is 19.0. The molecule has 0 aliphatic carbocycles. The van der Waals surface area contributed by atoms with Crippen LogP contribution in [0.15, 0.2) is 68.7 Å². The topological polar surface area (TPSA) is 62.7 Å². The average molecular weight is 448 g/mol. The molecular formula is C25H25N3O3S. The van der Waals surface area contributed by atoms with Gasteiger partial charge in [0.15, 0.2) is 11.3 Å². The molecule has 0 radical (unpaired) electrons. The highest BCUT2D eigenvalue weighted by Crippen LogP contribution is 2.28. The maximum absolute atomic E-state index is 12.9. The Morgan fingerprint density at radius 2 is 1.72 bits per heavy atom. The number of fused-ring (bicyclic) bond motifs is 1. The number of furan rings is 1. The summed E-state index contributed by atoms with van der Waals surface area (Å²) in [5.41, 5.74) is 5.26. The highest BCUT2D eigenvalue weighted by molar-refractivity contribution is 7.98. The third kappa shape index (κ3) is 4.12. The quantitative estimate of drug-likeness (QED) is 0.387. The molecule has 1 saturated heterocycles. The normalized spacial score (nSPS) is 14.3. The van der Waals surface area contributed by atoms with Gasteiger partial charge in [0, 0.05) is 31.9 Å². The van der Waals surface area contributed by atoms with Gasteiger partial charge in [0.25, 0.3) is 11.1 Å². The van der Waals surface area contributed by atoms with E-state index < -0.39 is 0 Å². The number of nitrogens with zero attached hydrogens (tertiary/aromatic N) is 3. The Balaban J connectivity index is 1.18. The predicted octanol–water partition coefficient (Wildman–Crippen LogP) is 5.29. The second-order valence-corrected chi connectivity index (χ2v) is 8.95. The van der Waals surface area contributed by atoms with E-state index in [1.54, 1.807) is 6.07 Å². The highest BCUT2D eigenvalue weighted by atomic mass is 32.2. The molecule has 32 heavy (non-hydrogen) atoms. The van der Waals surface area contributed by atoms with Gasteiger partial charge in [-0.1, -0.05) is 42.1 Å². The molecule has 0 N–H and O–H groups in total. The average Bonchev–Trinajstić information content (AvgIpc) is 3.45. The van der Waals surface area contributed by atoms with Gasteiger partial charge in [-0.2, -0.15) is 0 Å². The largest absolute Gasteiger partial charge is 0.455 e. The number of para-hydroxylation sites is 2. The number of benzene rings is 2. The number of amides is 1. The number of anilines is 1. The van der Waals surface area contributed by atoms with Crippen molar-refractivity contribution < 1.29 is 13.6 Å². The van der Waals surface area contributed by atoms with Crippen LogP contribution in [0.25, 0.3) is 11.1 Å². The van der Waals surface area contributed by atoms with E-state index in [1.807, 2.05) is 36.1 Å². The maximum atomic E-state index is 12.9. The number of piperazine rings is 1. The fraction of sp³-hybridized carbons (Fsp3) is 0.280. The Morgan fingerprint density at radius 3 is 2.50 bits per heavy atom. The lowest BCUT2D eigenvalue weighted by Gasteiger charge is -2.36. The summed E-state index contributed by atoms with van der Waals surface area (Å²) < 4.78 is 11.7. The lowest BCUT2D eigenvalue weighted by molar-refractivity contribution is 0.0713. The van der Waals surface area contributed by atoms with Crippen LogP contribution in [0.3, 0.4) is 0 Å². The molecule has 4 aromatic rings. The molecule has 164 valence electrons. The number of oxazole rings is 1. The molecule has 1 fully saturated rings. The fourth-order valence-corrected chi connectivity index (χ4v) is 4.78. The van der Waals surface area contributed by atoms with Crippen molar-refractivity contribution in [3.8, 4) is 0 Å². The van der Waals surface area contributed by atoms with Crippen LogP contribution in [0.4, 0.5) is 5.69 Å². The smallest absolute Gasteiger partial charge is 0.289 e. The minimum Gasteiger partial charge on any atom is -0.455 e. The molecule has 5 rings (SSSR count). The van der Waals surface area contributed by atoms with Crippen LogP contribution < -0.4 is 4.90 Å². The van der Waals surface area contributed by atoms with E-state index in [2.05, 4.69) is 41.1 Å². The highest BCUT2D eigenvalue weighted by Gasteiger charge is 2.25. The number of hydrogen-bond donors (Lipinski definition) is 0. The van der Waals surface area contributed by atoms with Crippen LogP contribution in [0.1, 0.15) is 27.4 Å². The van der Waals surface area contributed by atoms with Gasteiger partial charge in [-0.15, -0.1) is 0 Å². The minimum absolute atomic E-state index is 0.0526. The minimum atomic E-state index is -0.0526. The molecule has 1 aliphatic rings. The molecule has 0 saturated carbocycles. The lowest BCUT2D eigenvalue weighted by Crippen LogP contribution is -2.48. The van der Waals surface area contributed by atoms with E-state index in [9.17, 15) is 4.79 Å². The van der Waals surface area contributed by atoms with Crippen LogP contribution in [-0.2, 0) is 5.75 Å². The molecule has 0 spiro atoms. The van der Waals surface area contributed by atoms with Crippen molar-refractivity contribution in [2.75, 3.05) is 31.1 Å². The van der Waals surface area contributed by atoms with E-state index in [0.29, 0.717) is 29.8 Å². The van der Waals surface area contributed by atoms with Crippen molar-refractivity contribution in [2.24, 2.45) is 0 Å². The summed E-state index contributed by atoms with van der Waals surface area (Å²) in [7, 11) is 0. The first-order chi connectivity index (χ1) is 15.6. The first-order valence-electron chi connectivity index (χ1n) is 10.8. The number of carbonyl (C=O) groups is 1. The summed E-state index contributed by atoms with van der Waals surface area (Å²) >= 11 is 1.46. The molecule has 1 aliphatic heterocycles. The predicted molar refractivity (Wildman–Crippen MR) is 126 cm³/mol. The van der Waals surface area contributed by atoms with E-state index in [4.69, 9.17) is 8.83 Å². The molecule has 7 heteroatoms. The van der Waals surface area contributed by atoms with Gasteiger partial charge in [0.1, 0.15) is 11.3 Å². The second kappa shape index (κ2) is 8.74. The Morgan fingerprint density at radius 1 is 0.938 bits per heavy atom.